The van der Waals surface area contributed by atoms with E-state index < -0.39 is 5.97 Å². The predicted molar refractivity (Wildman–Crippen MR) is 146 cm³/mol. The Morgan fingerprint density at radius 3 is 2.53 bits per heavy atom. The van der Waals surface area contributed by atoms with E-state index in [2.05, 4.69) is 21.4 Å². The molecule has 2 N–H and O–H groups in total. The zero-order valence-corrected chi connectivity index (χ0v) is 21.3. The number of ether oxygens (including phenoxy) is 1. The molecule has 0 unspecified atom stereocenters. The average molecular weight is 509 g/mol. The molecule has 2 aromatic heterocycles. The minimum absolute atomic E-state index is 0.0121. The van der Waals surface area contributed by atoms with Crippen LogP contribution >= 0.6 is 0 Å². The summed E-state index contributed by atoms with van der Waals surface area (Å²) in [6.45, 7) is 5.06. The predicted octanol–water partition coefficient (Wildman–Crippen LogP) is 5.42. The Labute approximate surface area is 220 Å². The Hall–Kier alpha value is -4.72. The van der Waals surface area contributed by atoms with Crippen LogP contribution in [0.25, 0.3) is 11.1 Å². The number of carbonyl (C=O) groups excluding carboxylic acids is 1. The van der Waals surface area contributed by atoms with Crippen molar-refractivity contribution in [1.29, 1.82) is 0 Å². The maximum absolute atomic E-state index is 13.0. The maximum atomic E-state index is 13.0. The van der Waals surface area contributed by atoms with Gasteiger partial charge in [-0.2, -0.15) is 0 Å². The molecule has 192 valence electrons. The number of aryl methyl sites for hydroxylation is 1. The monoisotopic (exact) mass is 508 g/mol. The number of carboxylic acids is 1. The van der Waals surface area contributed by atoms with E-state index >= 15 is 0 Å². The van der Waals surface area contributed by atoms with Crippen molar-refractivity contribution in [1.82, 2.24) is 9.97 Å². The second kappa shape index (κ2) is 10.7. The topological polar surface area (TPSA) is 105 Å². The fraction of sp³-hybridized carbons (Fsp3) is 0.200. The van der Waals surface area contributed by atoms with Crippen LogP contribution in [0, 0.1) is 6.92 Å². The third-order valence-electron chi connectivity index (χ3n) is 6.50. The van der Waals surface area contributed by atoms with E-state index in [4.69, 9.17) is 9.84 Å². The average Bonchev–Trinajstić information content (AvgIpc) is 3.03. The second-order valence-corrected chi connectivity index (χ2v) is 9.13. The molecule has 0 radical (unpaired) electrons. The molecule has 8 heteroatoms. The Balaban J connectivity index is 1.26. The summed E-state index contributed by atoms with van der Waals surface area (Å²) in [7, 11) is 0. The number of amides is 1. The first-order chi connectivity index (χ1) is 18.4. The van der Waals surface area contributed by atoms with E-state index in [0.717, 1.165) is 33.6 Å². The molecule has 1 amide bonds. The number of pyridine rings is 2. The van der Waals surface area contributed by atoms with Gasteiger partial charge in [0.2, 0.25) is 0 Å². The summed E-state index contributed by atoms with van der Waals surface area (Å²) in [6, 6.07) is 19.1. The SMILES string of the molecule is CCN1c2ncccc2NC(=O)c2cc(CCOc3ccc(-c4ccc(CC(=O)O)cc4)cc3C)cnc21. The van der Waals surface area contributed by atoms with Crippen LogP contribution in [0.4, 0.5) is 17.3 Å². The number of hydrogen-bond donors (Lipinski definition) is 2. The number of aromatic nitrogens is 2. The molecule has 0 atom stereocenters. The van der Waals surface area contributed by atoms with Crippen molar-refractivity contribution in [2.45, 2.75) is 26.7 Å². The summed E-state index contributed by atoms with van der Waals surface area (Å²) in [5, 5.41) is 11.9. The van der Waals surface area contributed by atoms with Gasteiger partial charge in [-0.1, -0.05) is 30.3 Å². The first-order valence-corrected chi connectivity index (χ1v) is 12.5. The molecule has 0 aliphatic carbocycles. The number of nitrogens with one attached hydrogen (secondary N) is 1. The second-order valence-electron chi connectivity index (χ2n) is 9.13. The number of rotatable bonds is 8. The van der Waals surface area contributed by atoms with Crippen molar-refractivity contribution in [2.75, 3.05) is 23.4 Å². The molecule has 38 heavy (non-hydrogen) atoms. The van der Waals surface area contributed by atoms with Gasteiger partial charge in [0.25, 0.3) is 5.91 Å². The van der Waals surface area contributed by atoms with Gasteiger partial charge < -0.3 is 20.1 Å². The highest BCUT2D eigenvalue weighted by atomic mass is 16.5. The van der Waals surface area contributed by atoms with E-state index in [1.807, 2.05) is 67.3 Å². The molecule has 0 fully saturated rings. The molecule has 2 aromatic carbocycles. The molecular weight excluding hydrogens is 480 g/mol. The minimum Gasteiger partial charge on any atom is -0.493 e. The molecule has 5 rings (SSSR count). The van der Waals surface area contributed by atoms with Crippen molar-refractivity contribution in [3.63, 3.8) is 0 Å². The zero-order valence-electron chi connectivity index (χ0n) is 21.3. The zero-order chi connectivity index (χ0) is 26.6. The molecule has 1 aliphatic rings. The number of anilines is 3. The summed E-state index contributed by atoms with van der Waals surface area (Å²) in [4.78, 5) is 34.9. The summed E-state index contributed by atoms with van der Waals surface area (Å²) in [6.07, 6.45) is 4.10. The highest BCUT2D eigenvalue weighted by Crippen LogP contribution is 2.35. The highest BCUT2D eigenvalue weighted by molar-refractivity contribution is 6.11. The summed E-state index contributed by atoms with van der Waals surface area (Å²) < 4.78 is 6.07. The third kappa shape index (κ3) is 5.20. The summed E-state index contributed by atoms with van der Waals surface area (Å²) in [5.41, 5.74) is 5.90. The lowest BCUT2D eigenvalue weighted by Gasteiger charge is -2.21. The van der Waals surface area contributed by atoms with Crippen LogP contribution in [0.15, 0.2) is 73.1 Å². The van der Waals surface area contributed by atoms with Crippen molar-refractivity contribution in [3.05, 3.63) is 95.3 Å². The van der Waals surface area contributed by atoms with E-state index in [0.29, 0.717) is 42.5 Å². The van der Waals surface area contributed by atoms with Gasteiger partial charge in [-0.3, -0.25) is 9.59 Å². The van der Waals surface area contributed by atoms with E-state index in [9.17, 15) is 9.59 Å². The van der Waals surface area contributed by atoms with Crippen LogP contribution in [-0.4, -0.2) is 40.1 Å². The van der Waals surface area contributed by atoms with Crippen LogP contribution in [0.5, 0.6) is 5.75 Å². The van der Waals surface area contributed by atoms with Gasteiger partial charge >= 0.3 is 5.97 Å². The first-order valence-electron chi connectivity index (χ1n) is 12.5. The molecule has 0 saturated heterocycles. The molecular formula is C30H28N4O4. The number of benzene rings is 2. The molecule has 0 bridgehead atoms. The number of aliphatic carboxylic acids is 1. The third-order valence-corrected chi connectivity index (χ3v) is 6.50. The number of hydrogen-bond acceptors (Lipinski definition) is 6. The lowest BCUT2D eigenvalue weighted by molar-refractivity contribution is -0.136. The van der Waals surface area contributed by atoms with Crippen molar-refractivity contribution in [2.24, 2.45) is 0 Å². The minimum atomic E-state index is -0.842. The number of carboxylic acid groups (broad SMARTS) is 1. The molecule has 1 aliphatic heterocycles. The lowest BCUT2D eigenvalue weighted by Crippen LogP contribution is -2.20. The highest BCUT2D eigenvalue weighted by Gasteiger charge is 2.26. The van der Waals surface area contributed by atoms with Gasteiger partial charge in [-0.25, -0.2) is 9.97 Å². The lowest BCUT2D eigenvalue weighted by atomic mass is 10.0. The van der Waals surface area contributed by atoms with Crippen molar-refractivity contribution in [3.8, 4) is 16.9 Å². The fourth-order valence-electron chi connectivity index (χ4n) is 4.58. The summed E-state index contributed by atoms with van der Waals surface area (Å²) in [5.74, 6) is 1.01. The van der Waals surface area contributed by atoms with Gasteiger partial charge in [0.05, 0.1) is 24.3 Å². The smallest absolute Gasteiger partial charge is 0.307 e. The van der Waals surface area contributed by atoms with E-state index in [1.54, 1.807) is 18.5 Å². The number of fused-ring (bicyclic) bond motifs is 2. The summed E-state index contributed by atoms with van der Waals surface area (Å²) >= 11 is 0. The van der Waals surface area contributed by atoms with Crippen LogP contribution < -0.4 is 15.0 Å². The van der Waals surface area contributed by atoms with Crippen LogP contribution in [-0.2, 0) is 17.6 Å². The molecule has 0 spiro atoms. The molecule has 3 heterocycles. The fourth-order valence-corrected chi connectivity index (χ4v) is 4.58. The Morgan fingerprint density at radius 1 is 1.00 bits per heavy atom. The largest absolute Gasteiger partial charge is 0.493 e. The standard InChI is InChI=1S/C30H28N4O4/c1-3-34-28-24(30(37)33-25-5-4-13-31-29(25)34)16-21(18-32-28)12-14-38-26-11-10-23(15-19(26)2)22-8-6-20(7-9-22)17-27(35)36/h4-11,13,15-16,18H,3,12,14,17H2,1-2H3,(H,33,37)(H,35,36). The first kappa shape index (κ1) is 25.0. The number of nitrogens with zero attached hydrogens (tertiary/aromatic N) is 3. The Bertz CT molecular complexity index is 1500. The number of carbonyl (C=O) groups is 2. The van der Waals surface area contributed by atoms with Gasteiger partial charge in [0, 0.05) is 25.4 Å². The van der Waals surface area contributed by atoms with Crippen molar-refractivity contribution < 1.29 is 19.4 Å². The molecule has 4 aromatic rings. The van der Waals surface area contributed by atoms with Gasteiger partial charge in [0.1, 0.15) is 11.6 Å². The van der Waals surface area contributed by atoms with Gasteiger partial charge in [-0.15, -0.1) is 0 Å². The Kier molecular flexibility index (Phi) is 7.04. The molecule has 0 saturated carbocycles. The molecule has 8 nitrogen and oxygen atoms in total. The van der Waals surface area contributed by atoms with Gasteiger partial charge in [-0.05, 0) is 72.0 Å². The normalized spacial score (nSPS) is 12.3. The van der Waals surface area contributed by atoms with E-state index in [1.165, 1.54) is 0 Å². The Morgan fingerprint density at radius 2 is 1.79 bits per heavy atom. The van der Waals surface area contributed by atoms with Gasteiger partial charge in [0.15, 0.2) is 5.82 Å². The quantitative estimate of drug-likeness (QED) is 0.327. The maximum Gasteiger partial charge on any atom is 0.307 e. The van der Waals surface area contributed by atoms with Crippen LogP contribution in [0.1, 0.15) is 34.0 Å². The van der Waals surface area contributed by atoms with Crippen LogP contribution in [0.3, 0.4) is 0 Å². The van der Waals surface area contributed by atoms with E-state index in [-0.39, 0.29) is 12.3 Å². The van der Waals surface area contributed by atoms with Crippen LogP contribution in [0.2, 0.25) is 0 Å². The van der Waals surface area contributed by atoms with Crippen molar-refractivity contribution >= 4 is 29.2 Å².